The van der Waals surface area contributed by atoms with Crippen LogP contribution in [0.4, 0.5) is 19.3 Å². The second kappa shape index (κ2) is 10.2. The number of piperidine rings is 1. The number of carbonyl (C=O) groups excluding carboxylic acids is 2. The Morgan fingerprint density at radius 2 is 2.00 bits per heavy atom. The molecule has 3 amide bonds. The quantitative estimate of drug-likeness (QED) is 0.724. The third-order valence-corrected chi connectivity index (χ3v) is 5.35. The van der Waals surface area contributed by atoms with Crippen molar-refractivity contribution in [3.05, 3.63) is 65.2 Å². The van der Waals surface area contributed by atoms with Crippen LogP contribution in [0, 0.1) is 24.5 Å². The number of anilines is 1. The van der Waals surface area contributed by atoms with Crippen LogP contribution in [0.15, 0.2) is 42.5 Å². The lowest BCUT2D eigenvalue weighted by molar-refractivity contribution is -0.121. The van der Waals surface area contributed by atoms with Gasteiger partial charge in [0.25, 0.3) is 0 Å². The number of aryl methyl sites for hydroxylation is 1. The van der Waals surface area contributed by atoms with Crippen LogP contribution in [0.2, 0.25) is 0 Å². The maximum Gasteiger partial charge on any atom is 0.321 e. The van der Waals surface area contributed by atoms with Crippen molar-refractivity contribution < 1.29 is 18.4 Å². The number of hydrogen-bond donors (Lipinski definition) is 2. The zero-order chi connectivity index (χ0) is 21.5. The van der Waals surface area contributed by atoms with Crippen molar-refractivity contribution >= 4 is 17.6 Å². The standard InChI is InChI=1S/C23H27F2N3O2/c1-16-4-2-6-20(12-16)27-23(30)28-11-3-5-17(15-28)7-10-22(29)26-14-18-8-9-19(24)13-21(18)25/h2,4,6,8-9,12-13,17H,3,5,7,10-11,14-15H2,1H3,(H,26,29)(H,27,30)/t17-/m0/s1. The molecular formula is C23H27F2N3O2. The van der Waals surface area contributed by atoms with Crippen LogP contribution in [0.3, 0.4) is 0 Å². The van der Waals surface area contributed by atoms with Crippen LogP contribution in [0.25, 0.3) is 0 Å². The van der Waals surface area contributed by atoms with Gasteiger partial charge >= 0.3 is 6.03 Å². The molecule has 1 atom stereocenters. The minimum atomic E-state index is -0.669. The van der Waals surface area contributed by atoms with Crippen molar-refractivity contribution in [2.24, 2.45) is 5.92 Å². The van der Waals surface area contributed by atoms with Crippen molar-refractivity contribution in [1.29, 1.82) is 0 Å². The number of likely N-dealkylation sites (tertiary alicyclic amines) is 1. The van der Waals surface area contributed by atoms with Gasteiger partial charge in [-0.15, -0.1) is 0 Å². The summed E-state index contributed by atoms with van der Waals surface area (Å²) >= 11 is 0. The number of carbonyl (C=O) groups is 2. The molecule has 1 aliphatic heterocycles. The zero-order valence-corrected chi connectivity index (χ0v) is 17.1. The Hall–Kier alpha value is -2.96. The second-order valence-corrected chi connectivity index (χ2v) is 7.81. The van der Waals surface area contributed by atoms with E-state index < -0.39 is 11.6 Å². The molecule has 0 bridgehead atoms. The lowest BCUT2D eigenvalue weighted by Gasteiger charge is -2.32. The van der Waals surface area contributed by atoms with Gasteiger partial charge in [-0.05, 0) is 55.9 Å². The molecule has 0 spiro atoms. The Bertz CT molecular complexity index is 904. The molecule has 0 unspecified atom stereocenters. The minimum Gasteiger partial charge on any atom is -0.352 e. The van der Waals surface area contributed by atoms with E-state index in [0.717, 1.165) is 30.2 Å². The molecular weight excluding hydrogens is 388 g/mol. The summed E-state index contributed by atoms with van der Waals surface area (Å²) < 4.78 is 26.6. The number of rotatable bonds is 6. The van der Waals surface area contributed by atoms with Gasteiger partial charge in [-0.3, -0.25) is 4.79 Å². The predicted octanol–water partition coefficient (Wildman–Crippen LogP) is 4.61. The predicted molar refractivity (Wildman–Crippen MR) is 112 cm³/mol. The lowest BCUT2D eigenvalue weighted by atomic mass is 9.93. The summed E-state index contributed by atoms with van der Waals surface area (Å²) in [4.78, 5) is 26.5. The Balaban J connectivity index is 1.43. The van der Waals surface area contributed by atoms with E-state index in [-0.39, 0.29) is 30.0 Å². The summed E-state index contributed by atoms with van der Waals surface area (Å²) in [5.41, 5.74) is 2.10. The van der Waals surface area contributed by atoms with E-state index in [1.54, 1.807) is 4.90 Å². The van der Waals surface area contributed by atoms with Gasteiger partial charge in [0.05, 0.1) is 0 Å². The average molecular weight is 415 g/mol. The van der Waals surface area contributed by atoms with Crippen LogP contribution in [0.5, 0.6) is 0 Å². The first-order valence-electron chi connectivity index (χ1n) is 10.2. The van der Waals surface area contributed by atoms with Crippen molar-refractivity contribution in [3.8, 4) is 0 Å². The fourth-order valence-corrected chi connectivity index (χ4v) is 3.69. The molecule has 0 saturated carbocycles. The zero-order valence-electron chi connectivity index (χ0n) is 17.1. The summed E-state index contributed by atoms with van der Waals surface area (Å²) in [6.45, 7) is 3.31. The number of hydrogen-bond acceptors (Lipinski definition) is 2. The number of nitrogens with zero attached hydrogens (tertiary/aromatic N) is 1. The van der Waals surface area contributed by atoms with E-state index in [9.17, 15) is 18.4 Å². The number of nitrogens with one attached hydrogen (secondary N) is 2. The fourth-order valence-electron chi connectivity index (χ4n) is 3.69. The molecule has 2 aromatic carbocycles. The SMILES string of the molecule is Cc1cccc(NC(=O)N2CCC[C@@H](CCC(=O)NCc3ccc(F)cc3F)C2)c1. The molecule has 1 saturated heterocycles. The molecule has 0 aliphatic carbocycles. The Labute approximate surface area is 175 Å². The van der Waals surface area contributed by atoms with Gasteiger partial charge in [-0.2, -0.15) is 0 Å². The van der Waals surface area contributed by atoms with Gasteiger partial charge in [0, 0.05) is 43.4 Å². The highest BCUT2D eigenvalue weighted by Crippen LogP contribution is 2.22. The van der Waals surface area contributed by atoms with Crippen molar-refractivity contribution in [1.82, 2.24) is 10.2 Å². The first kappa shape index (κ1) is 21.7. The molecule has 2 N–H and O–H groups in total. The summed E-state index contributed by atoms with van der Waals surface area (Å²) in [6, 6.07) is 10.8. The highest BCUT2D eigenvalue weighted by Gasteiger charge is 2.24. The topological polar surface area (TPSA) is 61.4 Å². The fraction of sp³-hybridized carbons (Fsp3) is 0.391. The third-order valence-electron chi connectivity index (χ3n) is 5.35. The molecule has 5 nitrogen and oxygen atoms in total. The minimum absolute atomic E-state index is 0.0284. The van der Waals surface area contributed by atoms with Crippen LogP contribution in [-0.4, -0.2) is 29.9 Å². The average Bonchev–Trinajstić information content (AvgIpc) is 2.72. The molecule has 3 rings (SSSR count). The molecule has 1 aliphatic rings. The van der Waals surface area contributed by atoms with Gasteiger partial charge in [-0.1, -0.05) is 18.2 Å². The van der Waals surface area contributed by atoms with E-state index in [2.05, 4.69) is 10.6 Å². The first-order valence-corrected chi connectivity index (χ1v) is 10.2. The Morgan fingerprint density at radius 3 is 2.77 bits per heavy atom. The maximum atomic E-state index is 13.6. The molecule has 1 fully saturated rings. The molecule has 0 radical (unpaired) electrons. The van der Waals surface area contributed by atoms with Crippen molar-refractivity contribution in [3.63, 3.8) is 0 Å². The van der Waals surface area contributed by atoms with Crippen LogP contribution in [-0.2, 0) is 11.3 Å². The number of benzene rings is 2. The lowest BCUT2D eigenvalue weighted by Crippen LogP contribution is -2.42. The molecule has 1 heterocycles. The highest BCUT2D eigenvalue weighted by molar-refractivity contribution is 5.89. The second-order valence-electron chi connectivity index (χ2n) is 7.81. The van der Waals surface area contributed by atoms with E-state index in [1.807, 2.05) is 31.2 Å². The molecule has 160 valence electrons. The number of halogens is 2. The van der Waals surface area contributed by atoms with Gasteiger partial charge in [0.15, 0.2) is 0 Å². The van der Waals surface area contributed by atoms with Crippen molar-refractivity contribution in [2.45, 2.75) is 39.2 Å². The summed E-state index contributed by atoms with van der Waals surface area (Å²) in [5.74, 6) is -1.25. The van der Waals surface area contributed by atoms with E-state index in [1.165, 1.54) is 12.1 Å². The van der Waals surface area contributed by atoms with E-state index >= 15 is 0 Å². The highest BCUT2D eigenvalue weighted by atomic mass is 19.1. The molecule has 0 aromatic heterocycles. The van der Waals surface area contributed by atoms with E-state index in [4.69, 9.17) is 0 Å². The van der Waals surface area contributed by atoms with Crippen LogP contribution >= 0.6 is 0 Å². The molecule has 2 aromatic rings. The Morgan fingerprint density at radius 1 is 1.17 bits per heavy atom. The first-order chi connectivity index (χ1) is 14.4. The van der Waals surface area contributed by atoms with Gasteiger partial charge in [0.1, 0.15) is 11.6 Å². The van der Waals surface area contributed by atoms with Crippen LogP contribution < -0.4 is 10.6 Å². The summed E-state index contributed by atoms with van der Waals surface area (Å²) in [6.07, 6.45) is 2.83. The van der Waals surface area contributed by atoms with Crippen LogP contribution in [0.1, 0.15) is 36.8 Å². The number of amides is 3. The van der Waals surface area contributed by atoms with Gasteiger partial charge < -0.3 is 15.5 Å². The normalized spacial score (nSPS) is 16.2. The van der Waals surface area contributed by atoms with Gasteiger partial charge in [-0.25, -0.2) is 13.6 Å². The van der Waals surface area contributed by atoms with E-state index in [0.29, 0.717) is 25.9 Å². The molecule has 7 heteroatoms. The smallest absolute Gasteiger partial charge is 0.321 e. The van der Waals surface area contributed by atoms with Crippen molar-refractivity contribution in [2.75, 3.05) is 18.4 Å². The summed E-state index contributed by atoms with van der Waals surface area (Å²) in [5, 5.41) is 5.61. The largest absolute Gasteiger partial charge is 0.352 e. The molecule has 30 heavy (non-hydrogen) atoms. The van der Waals surface area contributed by atoms with Gasteiger partial charge in [0.2, 0.25) is 5.91 Å². The monoisotopic (exact) mass is 415 g/mol. The Kier molecular flexibility index (Phi) is 7.38. The maximum absolute atomic E-state index is 13.6. The third kappa shape index (κ3) is 6.27. The number of urea groups is 1. The summed E-state index contributed by atoms with van der Waals surface area (Å²) in [7, 11) is 0.